The molecule has 1 rings (SSSR count). The van der Waals surface area contributed by atoms with Crippen LogP contribution in [0.15, 0.2) is 24.3 Å². The fraction of sp³-hybridized carbons (Fsp3) is 0.647. The van der Waals surface area contributed by atoms with Crippen molar-refractivity contribution in [3.05, 3.63) is 35.6 Å². The van der Waals surface area contributed by atoms with Crippen molar-refractivity contribution in [2.75, 3.05) is 26.8 Å². The minimum atomic E-state index is -0.154. The van der Waals surface area contributed by atoms with Gasteiger partial charge < -0.3 is 10.1 Å². The van der Waals surface area contributed by atoms with Crippen molar-refractivity contribution in [1.29, 1.82) is 0 Å². The molecule has 0 aliphatic carbocycles. The Labute approximate surface area is 122 Å². The molecule has 1 unspecified atom stereocenters. The van der Waals surface area contributed by atoms with E-state index in [1.165, 1.54) is 6.07 Å². The molecule has 0 aromatic heterocycles. The van der Waals surface area contributed by atoms with Crippen LogP contribution in [-0.4, -0.2) is 26.8 Å². The lowest BCUT2D eigenvalue weighted by Crippen LogP contribution is -2.22. The van der Waals surface area contributed by atoms with E-state index in [0.29, 0.717) is 11.8 Å². The van der Waals surface area contributed by atoms with Crippen molar-refractivity contribution >= 4 is 0 Å². The number of nitrogens with one attached hydrogen (secondary N) is 1. The Balaban J connectivity index is 2.32. The van der Waals surface area contributed by atoms with Crippen LogP contribution < -0.4 is 5.32 Å². The number of hydrogen-bond acceptors (Lipinski definition) is 2. The summed E-state index contributed by atoms with van der Waals surface area (Å²) in [6.07, 6.45) is 3.02. The zero-order valence-electron chi connectivity index (χ0n) is 13.0. The molecule has 0 amide bonds. The van der Waals surface area contributed by atoms with Gasteiger partial charge in [0.25, 0.3) is 0 Å². The smallest absolute Gasteiger partial charge is 0.123 e. The van der Waals surface area contributed by atoms with E-state index in [1.54, 1.807) is 12.1 Å². The molecule has 0 spiro atoms. The van der Waals surface area contributed by atoms with Crippen LogP contribution in [0.3, 0.4) is 0 Å². The van der Waals surface area contributed by atoms with Crippen molar-refractivity contribution in [2.24, 2.45) is 11.8 Å². The zero-order chi connectivity index (χ0) is 14.8. The molecule has 1 atom stereocenters. The molecule has 0 bridgehead atoms. The predicted molar refractivity (Wildman–Crippen MR) is 82.4 cm³/mol. The van der Waals surface area contributed by atoms with Crippen molar-refractivity contribution in [2.45, 2.75) is 33.1 Å². The van der Waals surface area contributed by atoms with Crippen LogP contribution >= 0.6 is 0 Å². The summed E-state index contributed by atoms with van der Waals surface area (Å²) >= 11 is 0. The molecule has 0 aliphatic rings. The number of ether oxygens (including phenoxy) is 1. The lowest BCUT2D eigenvalue weighted by Gasteiger charge is -2.17. The largest absolute Gasteiger partial charge is 0.381 e. The summed E-state index contributed by atoms with van der Waals surface area (Å²) < 4.78 is 18.9. The van der Waals surface area contributed by atoms with Gasteiger partial charge in [-0.1, -0.05) is 26.0 Å². The van der Waals surface area contributed by atoms with Gasteiger partial charge in [0.05, 0.1) is 0 Å². The van der Waals surface area contributed by atoms with Gasteiger partial charge in [-0.3, -0.25) is 0 Å². The lowest BCUT2D eigenvalue weighted by molar-refractivity contribution is 0.110. The second-order valence-corrected chi connectivity index (χ2v) is 5.84. The van der Waals surface area contributed by atoms with E-state index in [9.17, 15) is 4.39 Å². The standard InChI is InChI=1S/C17H28FNO/c1-14(2)7-9-20-10-8-16(13-19-3)11-15-5-4-6-17(18)12-15/h4-6,12,14,16,19H,7-11,13H2,1-3H3. The molecule has 0 fully saturated rings. The Morgan fingerprint density at radius 3 is 2.60 bits per heavy atom. The molecular formula is C17H28FNO. The first-order valence-corrected chi connectivity index (χ1v) is 7.58. The fourth-order valence-electron chi connectivity index (χ4n) is 2.23. The van der Waals surface area contributed by atoms with Crippen LogP contribution in [0.5, 0.6) is 0 Å². The Morgan fingerprint density at radius 1 is 1.20 bits per heavy atom. The van der Waals surface area contributed by atoms with Gasteiger partial charge in [0.1, 0.15) is 5.82 Å². The van der Waals surface area contributed by atoms with Gasteiger partial charge >= 0.3 is 0 Å². The number of halogens is 1. The summed E-state index contributed by atoms with van der Waals surface area (Å²) in [4.78, 5) is 0. The minimum absolute atomic E-state index is 0.154. The normalized spacial score (nSPS) is 12.8. The van der Waals surface area contributed by atoms with Crippen molar-refractivity contribution < 1.29 is 9.13 Å². The van der Waals surface area contributed by atoms with Gasteiger partial charge in [0, 0.05) is 13.2 Å². The fourth-order valence-corrected chi connectivity index (χ4v) is 2.23. The molecule has 2 nitrogen and oxygen atoms in total. The molecule has 1 aromatic carbocycles. The first kappa shape index (κ1) is 17.1. The summed E-state index contributed by atoms with van der Waals surface area (Å²) in [6, 6.07) is 6.89. The van der Waals surface area contributed by atoms with Gasteiger partial charge in [-0.15, -0.1) is 0 Å². The number of hydrogen-bond donors (Lipinski definition) is 1. The summed E-state index contributed by atoms with van der Waals surface area (Å²) in [5.74, 6) is 1.02. The van der Waals surface area contributed by atoms with Gasteiger partial charge in [-0.05, 0) is 62.4 Å². The maximum Gasteiger partial charge on any atom is 0.123 e. The first-order valence-electron chi connectivity index (χ1n) is 7.58. The average molecular weight is 281 g/mol. The van der Waals surface area contributed by atoms with Crippen molar-refractivity contribution in [3.63, 3.8) is 0 Å². The molecule has 0 heterocycles. The van der Waals surface area contributed by atoms with Crippen LogP contribution in [0.2, 0.25) is 0 Å². The van der Waals surface area contributed by atoms with Crippen LogP contribution in [0.4, 0.5) is 4.39 Å². The summed E-state index contributed by atoms with van der Waals surface area (Å²) in [6.45, 7) is 6.97. The van der Waals surface area contributed by atoms with Gasteiger partial charge in [0.2, 0.25) is 0 Å². The maximum absolute atomic E-state index is 13.2. The molecule has 114 valence electrons. The Bertz CT molecular complexity index is 368. The molecule has 1 N–H and O–H groups in total. The summed E-state index contributed by atoms with van der Waals surface area (Å²) in [7, 11) is 1.96. The lowest BCUT2D eigenvalue weighted by atomic mass is 9.96. The monoisotopic (exact) mass is 281 g/mol. The average Bonchev–Trinajstić information content (AvgIpc) is 2.38. The summed E-state index contributed by atoms with van der Waals surface area (Å²) in [5, 5.41) is 3.21. The van der Waals surface area contributed by atoms with Crippen molar-refractivity contribution in [3.8, 4) is 0 Å². The molecule has 3 heteroatoms. The van der Waals surface area contributed by atoms with E-state index in [1.807, 2.05) is 13.1 Å². The SMILES string of the molecule is CNCC(CCOCCC(C)C)Cc1cccc(F)c1. The Kier molecular flexibility index (Phi) is 8.47. The highest BCUT2D eigenvalue weighted by Gasteiger charge is 2.09. The molecule has 0 saturated carbocycles. The van der Waals surface area contributed by atoms with Gasteiger partial charge in [-0.2, -0.15) is 0 Å². The molecule has 20 heavy (non-hydrogen) atoms. The van der Waals surface area contributed by atoms with E-state index in [2.05, 4.69) is 19.2 Å². The van der Waals surface area contributed by atoms with Crippen LogP contribution in [-0.2, 0) is 11.2 Å². The highest BCUT2D eigenvalue weighted by Crippen LogP contribution is 2.13. The minimum Gasteiger partial charge on any atom is -0.381 e. The predicted octanol–water partition coefficient (Wildman–Crippen LogP) is 3.66. The van der Waals surface area contributed by atoms with E-state index in [-0.39, 0.29) is 5.82 Å². The number of rotatable bonds is 10. The van der Waals surface area contributed by atoms with Crippen LogP contribution in [0.1, 0.15) is 32.3 Å². The van der Waals surface area contributed by atoms with Gasteiger partial charge in [0.15, 0.2) is 0 Å². The highest BCUT2D eigenvalue weighted by molar-refractivity contribution is 5.16. The molecule has 0 radical (unpaired) electrons. The van der Waals surface area contributed by atoms with Crippen LogP contribution in [0, 0.1) is 17.7 Å². The third-order valence-electron chi connectivity index (χ3n) is 3.42. The molecular weight excluding hydrogens is 253 g/mol. The van der Waals surface area contributed by atoms with E-state index in [0.717, 1.165) is 44.6 Å². The first-order chi connectivity index (χ1) is 9.61. The topological polar surface area (TPSA) is 21.3 Å². The molecule has 1 aromatic rings. The number of benzene rings is 1. The van der Waals surface area contributed by atoms with Crippen molar-refractivity contribution in [1.82, 2.24) is 5.32 Å². The third-order valence-corrected chi connectivity index (χ3v) is 3.42. The van der Waals surface area contributed by atoms with Crippen LogP contribution in [0.25, 0.3) is 0 Å². The summed E-state index contributed by atoms with van der Waals surface area (Å²) in [5.41, 5.74) is 1.06. The molecule has 0 aliphatic heterocycles. The Morgan fingerprint density at radius 2 is 1.95 bits per heavy atom. The second kappa shape index (κ2) is 9.89. The zero-order valence-corrected chi connectivity index (χ0v) is 13.0. The molecule has 0 saturated heterocycles. The quantitative estimate of drug-likeness (QED) is 0.661. The van der Waals surface area contributed by atoms with E-state index in [4.69, 9.17) is 4.74 Å². The van der Waals surface area contributed by atoms with E-state index < -0.39 is 0 Å². The second-order valence-electron chi connectivity index (χ2n) is 5.84. The third kappa shape index (κ3) is 7.61. The Hall–Kier alpha value is -0.930. The van der Waals surface area contributed by atoms with E-state index >= 15 is 0 Å². The maximum atomic E-state index is 13.2. The van der Waals surface area contributed by atoms with Gasteiger partial charge in [-0.25, -0.2) is 4.39 Å². The highest BCUT2D eigenvalue weighted by atomic mass is 19.1.